The molecule has 0 saturated carbocycles. The van der Waals surface area contributed by atoms with E-state index in [1.807, 2.05) is 19.9 Å². The molecule has 0 atom stereocenters. The first-order chi connectivity index (χ1) is 14.5. The first kappa shape index (κ1) is 25.6. The van der Waals surface area contributed by atoms with Crippen molar-refractivity contribution in [3.63, 3.8) is 0 Å². The van der Waals surface area contributed by atoms with Crippen LogP contribution in [-0.4, -0.2) is 51.5 Å². The average Bonchev–Trinajstić information content (AvgIpc) is 2.72. The molecule has 30 heavy (non-hydrogen) atoms. The van der Waals surface area contributed by atoms with E-state index in [9.17, 15) is 9.59 Å². The van der Waals surface area contributed by atoms with E-state index in [1.54, 1.807) is 24.3 Å². The van der Waals surface area contributed by atoms with Crippen LogP contribution in [0.3, 0.4) is 0 Å². The summed E-state index contributed by atoms with van der Waals surface area (Å²) >= 11 is 0. The van der Waals surface area contributed by atoms with Crippen LogP contribution in [0.1, 0.15) is 61.3 Å². The van der Waals surface area contributed by atoms with Crippen molar-refractivity contribution >= 4 is 11.9 Å². The van der Waals surface area contributed by atoms with E-state index in [4.69, 9.17) is 14.2 Å². The average molecular weight is 418 g/mol. The Balaban J connectivity index is 2.50. The predicted molar refractivity (Wildman–Crippen MR) is 119 cm³/mol. The highest BCUT2D eigenvalue weighted by Gasteiger charge is 2.17. The molecule has 0 radical (unpaired) electrons. The molecule has 0 bridgehead atoms. The molecule has 0 aliphatic carbocycles. The van der Waals surface area contributed by atoms with Crippen LogP contribution in [0, 0.1) is 0 Å². The maximum atomic E-state index is 12.5. The highest BCUT2D eigenvalue weighted by molar-refractivity contribution is 6.05. The van der Waals surface area contributed by atoms with Crippen molar-refractivity contribution in [1.82, 2.24) is 5.32 Å². The van der Waals surface area contributed by atoms with Crippen LogP contribution in [0.5, 0.6) is 0 Å². The number of amides is 1. The number of rotatable bonds is 14. The van der Waals surface area contributed by atoms with Crippen molar-refractivity contribution in [1.29, 1.82) is 0 Å². The lowest BCUT2D eigenvalue weighted by Crippen LogP contribution is -2.29. The minimum absolute atomic E-state index is 0.184. The van der Waals surface area contributed by atoms with Crippen molar-refractivity contribution in [2.24, 2.45) is 0 Å². The molecule has 0 unspecified atom stereocenters. The molecule has 1 aromatic rings. The van der Waals surface area contributed by atoms with Gasteiger partial charge in [-0.25, -0.2) is 4.79 Å². The third-order valence-corrected chi connectivity index (χ3v) is 4.24. The summed E-state index contributed by atoms with van der Waals surface area (Å²) in [6.45, 7) is 10.7. The molecule has 6 nitrogen and oxygen atoms in total. The summed E-state index contributed by atoms with van der Waals surface area (Å²) in [6, 6.07) is 6.64. The molecule has 0 spiro atoms. The lowest BCUT2D eigenvalue weighted by atomic mass is 10.1. The molecule has 0 aromatic heterocycles. The zero-order valence-corrected chi connectivity index (χ0v) is 18.7. The smallest absolute Gasteiger partial charge is 0.339 e. The van der Waals surface area contributed by atoms with Gasteiger partial charge in [0.1, 0.15) is 6.61 Å². The number of hydrogen-bond acceptors (Lipinski definition) is 5. The van der Waals surface area contributed by atoms with E-state index < -0.39 is 5.97 Å². The number of esters is 1. The highest BCUT2D eigenvalue weighted by Crippen LogP contribution is 2.11. The molecule has 1 rings (SSSR count). The highest BCUT2D eigenvalue weighted by atomic mass is 16.5. The normalized spacial score (nSPS) is 11.1. The van der Waals surface area contributed by atoms with Gasteiger partial charge in [0.05, 0.1) is 30.9 Å². The van der Waals surface area contributed by atoms with Crippen LogP contribution in [-0.2, 0) is 14.2 Å². The van der Waals surface area contributed by atoms with Crippen LogP contribution in [0.4, 0.5) is 0 Å². The van der Waals surface area contributed by atoms with Crippen LogP contribution in [0.15, 0.2) is 47.6 Å². The van der Waals surface area contributed by atoms with Crippen molar-refractivity contribution in [3.8, 4) is 0 Å². The second-order valence-corrected chi connectivity index (χ2v) is 7.08. The molecule has 166 valence electrons. The van der Waals surface area contributed by atoms with Gasteiger partial charge in [-0.15, -0.1) is 0 Å². The van der Waals surface area contributed by atoms with Crippen molar-refractivity contribution in [3.05, 3.63) is 58.7 Å². The zero-order chi connectivity index (χ0) is 22.2. The molecule has 0 saturated heterocycles. The monoisotopic (exact) mass is 417 g/mol. The van der Waals surface area contributed by atoms with Gasteiger partial charge < -0.3 is 19.5 Å². The second kappa shape index (κ2) is 15.4. The molecular weight excluding hydrogens is 382 g/mol. The van der Waals surface area contributed by atoms with Crippen molar-refractivity contribution in [2.45, 2.75) is 40.5 Å². The second-order valence-electron chi connectivity index (χ2n) is 7.08. The Morgan fingerprint density at radius 2 is 1.67 bits per heavy atom. The Bertz CT molecular complexity index is 720. The molecule has 0 aliphatic rings. The lowest BCUT2D eigenvalue weighted by molar-refractivity contribution is 0.0525. The Labute approximate surface area is 180 Å². The number of hydrogen-bond donors (Lipinski definition) is 1. The minimum Gasteiger partial charge on any atom is -0.458 e. The molecule has 1 amide bonds. The van der Waals surface area contributed by atoms with Crippen molar-refractivity contribution < 1.29 is 23.8 Å². The maximum absolute atomic E-state index is 12.5. The number of carbonyl (C=O) groups excluding carboxylic acids is 2. The van der Waals surface area contributed by atoms with E-state index in [1.165, 1.54) is 5.57 Å². The molecule has 1 N–H and O–H groups in total. The Kier molecular flexibility index (Phi) is 13.1. The van der Waals surface area contributed by atoms with Gasteiger partial charge in [0.2, 0.25) is 0 Å². The number of nitrogens with one attached hydrogen (secondary N) is 1. The number of ether oxygens (including phenoxy) is 3. The van der Waals surface area contributed by atoms with E-state index in [-0.39, 0.29) is 18.1 Å². The van der Waals surface area contributed by atoms with Crippen LogP contribution < -0.4 is 5.32 Å². The summed E-state index contributed by atoms with van der Waals surface area (Å²) in [4.78, 5) is 24.9. The summed E-state index contributed by atoms with van der Waals surface area (Å²) in [7, 11) is 0. The third-order valence-electron chi connectivity index (χ3n) is 4.24. The maximum Gasteiger partial charge on any atom is 0.339 e. The Morgan fingerprint density at radius 3 is 2.37 bits per heavy atom. The fourth-order valence-corrected chi connectivity index (χ4v) is 2.58. The van der Waals surface area contributed by atoms with E-state index >= 15 is 0 Å². The molecular formula is C24H35NO5. The predicted octanol–water partition coefficient (Wildman–Crippen LogP) is 4.32. The summed E-state index contributed by atoms with van der Waals surface area (Å²) in [5.41, 5.74) is 3.00. The largest absolute Gasteiger partial charge is 0.458 e. The fourth-order valence-electron chi connectivity index (χ4n) is 2.58. The first-order valence-corrected chi connectivity index (χ1v) is 10.4. The summed E-state index contributed by atoms with van der Waals surface area (Å²) in [5, 5.41) is 2.76. The zero-order valence-electron chi connectivity index (χ0n) is 18.7. The van der Waals surface area contributed by atoms with Crippen LogP contribution in [0.25, 0.3) is 0 Å². The Morgan fingerprint density at radius 1 is 0.967 bits per heavy atom. The first-order valence-electron chi connectivity index (χ1n) is 10.4. The van der Waals surface area contributed by atoms with Gasteiger partial charge in [-0.05, 0) is 58.7 Å². The molecule has 1 aromatic carbocycles. The number of allylic oxidation sites excluding steroid dienone is 3. The van der Waals surface area contributed by atoms with Crippen LogP contribution in [0.2, 0.25) is 0 Å². The van der Waals surface area contributed by atoms with E-state index in [0.29, 0.717) is 38.5 Å². The fraction of sp³-hybridized carbons (Fsp3) is 0.500. The van der Waals surface area contributed by atoms with Gasteiger partial charge in [0.15, 0.2) is 0 Å². The molecule has 6 heteroatoms. The van der Waals surface area contributed by atoms with Gasteiger partial charge >= 0.3 is 5.97 Å². The molecule has 0 aliphatic heterocycles. The van der Waals surface area contributed by atoms with Gasteiger partial charge in [0.25, 0.3) is 5.91 Å². The van der Waals surface area contributed by atoms with Gasteiger partial charge in [-0.3, -0.25) is 4.79 Å². The lowest BCUT2D eigenvalue weighted by Gasteiger charge is -2.10. The standard InChI is InChI=1S/C24H35NO5/c1-5-28-17-18-29-16-14-25-23(26)21-11-6-7-12-22(21)24(27)30-15-13-20(4)10-8-9-19(2)3/h6-7,9,11-13H,5,8,10,14-18H2,1-4H3,(H,25,26)/b20-13+. The quantitative estimate of drug-likeness (QED) is 0.277. The van der Waals surface area contributed by atoms with E-state index in [0.717, 1.165) is 18.4 Å². The molecule has 0 fully saturated rings. The minimum atomic E-state index is -0.512. The topological polar surface area (TPSA) is 73.9 Å². The SMILES string of the molecule is CCOCCOCCNC(=O)c1ccccc1C(=O)OC/C=C(\C)CCC=C(C)C. The number of carbonyl (C=O) groups is 2. The molecule has 0 heterocycles. The summed E-state index contributed by atoms with van der Waals surface area (Å²) in [6.07, 6.45) is 5.98. The van der Waals surface area contributed by atoms with Crippen LogP contribution >= 0.6 is 0 Å². The Hall–Kier alpha value is -2.44. The van der Waals surface area contributed by atoms with Gasteiger partial charge in [-0.2, -0.15) is 0 Å². The third kappa shape index (κ3) is 10.9. The number of benzene rings is 1. The van der Waals surface area contributed by atoms with Gasteiger partial charge in [-0.1, -0.05) is 29.4 Å². The summed E-state index contributed by atoms with van der Waals surface area (Å²) in [5.74, 6) is -0.841. The van der Waals surface area contributed by atoms with E-state index in [2.05, 4.69) is 25.2 Å². The van der Waals surface area contributed by atoms with Gasteiger partial charge in [0, 0.05) is 13.2 Å². The summed E-state index contributed by atoms with van der Waals surface area (Å²) < 4.78 is 15.9. The van der Waals surface area contributed by atoms with Crippen molar-refractivity contribution in [2.75, 3.05) is 39.6 Å².